The van der Waals surface area contributed by atoms with Gasteiger partial charge in [0, 0.05) is 0 Å². The van der Waals surface area contributed by atoms with Crippen molar-refractivity contribution in [2.75, 3.05) is 7.05 Å². The lowest BCUT2D eigenvalue weighted by atomic mass is 10.4. The van der Waals surface area contributed by atoms with E-state index in [4.69, 9.17) is 4.42 Å². The maximum atomic E-state index is 5.59. The van der Waals surface area contributed by atoms with Crippen molar-refractivity contribution in [1.82, 2.24) is 5.32 Å². The number of thioether (sulfide) groups is 1. The molecule has 13 heavy (non-hydrogen) atoms. The van der Waals surface area contributed by atoms with Crippen LogP contribution in [-0.4, -0.2) is 12.3 Å². The number of rotatable bonds is 5. The van der Waals surface area contributed by atoms with Crippen molar-refractivity contribution in [1.29, 1.82) is 0 Å². The van der Waals surface area contributed by atoms with Crippen LogP contribution in [0.2, 0.25) is 0 Å². The van der Waals surface area contributed by atoms with E-state index in [0.29, 0.717) is 5.25 Å². The van der Waals surface area contributed by atoms with Gasteiger partial charge in [0.2, 0.25) is 0 Å². The molecule has 0 amide bonds. The van der Waals surface area contributed by atoms with E-state index < -0.39 is 0 Å². The molecule has 0 aliphatic heterocycles. The summed E-state index contributed by atoms with van der Waals surface area (Å²) >= 11 is 1.90. The molecule has 2 nitrogen and oxygen atoms in total. The van der Waals surface area contributed by atoms with Gasteiger partial charge in [-0.15, -0.1) is 0 Å². The lowest BCUT2D eigenvalue weighted by Gasteiger charge is -2.01. The van der Waals surface area contributed by atoms with Gasteiger partial charge >= 0.3 is 0 Å². The predicted molar refractivity (Wildman–Crippen MR) is 57.9 cm³/mol. The molecule has 0 fully saturated rings. The Bertz CT molecular complexity index is 245. The Labute approximate surface area is 84.1 Å². The lowest BCUT2D eigenvalue weighted by Crippen LogP contribution is -2.03. The van der Waals surface area contributed by atoms with Crippen LogP contribution in [0.3, 0.4) is 0 Å². The Hall–Kier alpha value is -0.410. The fourth-order valence-corrected chi connectivity index (χ4v) is 1.67. The third-order valence-corrected chi connectivity index (χ3v) is 2.75. The second-order valence-electron chi connectivity index (χ2n) is 3.26. The molecular formula is C10H17NOS. The molecule has 1 aromatic heterocycles. The van der Waals surface area contributed by atoms with E-state index in [1.54, 1.807) is 0 Å². The summed E-state index contributed by atoms with van der Waals surface area (Å²) in [5.74, 6) is 3.06. The van der Waals surface area contributed by atoms with E-state index >= 15 is 0 Å². The highest BCUT2D eigenvalue weighted by atomic mass is 32.2. The van der Waals surface area contributed by atoms with E-state index in [1.807, 2.05) is 24.9 Å². The van der Waals surface area contributed by atoms with Crippen LogP contribution in [0.1, 0.15) is 25.4 Å². The Morgan fingerprint density at radius 1 is 1.38 bits per heavy atom. The first kappa shape index (κ1) is 10.7. The summed E-state index contributed by atoms with van der Waals surface area (Å²) in [6.45, 7) is 5.20. The topological polar surface area (TPSA) is 25.2 Å². The van der Waals surface area contributed by atoms with Crippen molar-refractivity contribution < 1.29 is 4.42 Å². The van der Waals surface area contributed by atoms with Crippen LogP contribution < -0.4 is 5.32 Å². The molecule has 0 radical (unpaired) electrons. The predicted octanol–water partition coefficient (Wildman–Crippen LogP) is 2.64. The third kappa shape index (κ3) is 3.87. The molecular weight excluding hydrogens is 182 g/mol. The number of nitrogens with one attached hydrogen (secondary N) is 1. The standard InChI is InChI=1S/C10H17NOS/c1-8(2)13-7-10-5-4-9(12-10)6-11-3/h4-5,8,11H,6-7H2,1-3H3. The molecule has 3 heteroatoms. The molecule has 0 atom stereocenters. The van der Waals surface area contributed by atoms with E-state index in [-0.39, 0.29) is 0 Å². The van der Waals surface area contributed by atoms with Crippen molar-refractivity contribution in [3.8, 4) is 0 Å². The summed E-state index contributed by atoms with van der Waals surface area (Å²) in [6, 6.07) is 4.09. The minimum Gasteiger partial charge on any atom is -0.464 e. The summed E-state index contributed by atoms with van der Waals surface area (Å²) in [6.07, 6.45) is 0. The molecule has 0 aliphatic rings. The van der Waals surface area contributed by atoms with Gasteiger partial charge in [-0.05, 0) is 24.4 Å². The first-order valence-corrected chi connectivity index (χ1v) is 5.61. The van der Waals surface area contributed by atoms with Gasteiger partial charge in [0.05, 0.1) is 12.3 Å². The van der Waals surface area contributed by atoms with Gasteiger partial charge in [0.15, 0.2) is 0 Å². The van der Waals surface area contributed by atoms with E-state index in [9.17, 15) is 0 Å². The average Bonchev–Trinajstić information content (AvgIpc) is 2.50. The zero-order valence-electron chi connectivity index (χ0n) is 8.46. The van der Waals surface area contributed by atoms with Gasteiger partial charge in [-0.25, -0.2) is 0 Å². The molecule has 0 bridgehead atoms. The number of hydrogen-bond donors (Lipinski definition) is 1. The Kier molecular flexibility index (Phi) is 4.39. The highest BCUT2D eigenvalue weighted by Gasteiger charge is 2.02. The van der Waals surface area contributed by atoms with Crippen LogP contribution in [-0.2, 0) is 12.3 Å². The second kappa shape index (κ2) is 5.35. The largest absolute Gasteiger partial charge is 0.464 e. The Morgan fingerprint density at radius 2 is 2.08 bits per heavy atom. The number of furan rings is 1. The normalized spacial score (nSPS) is 11.1. The molecule has 1 aromatic rings. The van der Waals surface area contributed by atoms with Crippen LogP contribution in [0.4, 0.5) is 0 Å². The zero-order chi connectivity index (χ0) is 9.68. The van der Waals surface area contributed by atoms with Crippen molar-refractivity contribution in [3.63, 3.8) is 0 Å². The van der Waals surface area contributed by atoms with Crippen molar-refractivity contribution in [2.45, 2.75) is 31.4 Å². The molecule has 1 N–H and O–H groups in total. The molecule has 0 aliphatic carbocycles. The highest BCUT2D eigenvalue weighted by molar-refractivity contribution is 7.99. The van der Waals surface area contributed by atoms with Crippen LogP contribution in [0.25, 0.3) is 0 Å². The molecule has 0 saturated heterocycles. The van der Waals surface area contributed by atoms with Crippen molar-refractivity contribution >= 4 is 11.8 Å². The van der Waals surface area contributed by atoms with E-state index in [2.05, 4.69) is 25.2 Å². The van der Waals surface area contributed by atoms with Crippen LogP contribution in [0.15, 0.2) is 16.5 Å². The molecule has 1 heterocycles. The maximum Gasteiger partial charge on any atom is 0.117 e. The van der Waals surface area contributed by atoms with Crippen LogP contribution >= 0.6 is 11.8 Å². The quantitative estimate of drug-likeness (QED) is 0.789. The molecule has 74 valence electrons. The van der Waals surface area contributed by atoms with Gasteiger partial charge in [-0.2, -0.15) is 11.8 Å². The summed E-state index contributed by atoms with van der Waals surface area (Å²) < 4.78 is 5.59. The third-order valence-electron chi connectivity index (χ3n) is 1.63. The second-order valence-corrected chi connectivity index (χ2v) is 4.82. The van der Waals surface area contributed by atoms with Gasteiger partial charge in [0.25, 0.3) is 0 Å². The maximum absolute atomic E-state index is 5.59. The molecule has 0 saturated carbocycles. The summed E-state index contributed by atoms with van der Waals surface area (Å²) in [4.78, 5) is 0. The summed E-state index contributed by atoms with van der Waals surface area (Å²) in [5, 5.41) is 3.73. The number of hydrogen-bond acceptors (Lipinski definition) is 3. The fourth-order valence-electron chi connectivity index (χ4n) is 1.02. The minimum atomic E-state index is 0.665. The van der Waals surface area contributed by atoms with Gasteiger partial charge < -0.3 is 9.73 Å². The Balaban J connectivity index is 2.39. The molecule has 0 unspecified atom stereocenters. The lowest BCUT2D eigenvalue weighted by molar-refractivity contribution is 0.469. The molecule has 1 rings (SSSR count). The van der Waals surface area contributed by atoms with Crippen LogP contribution in [0.5, 0.6) is 0 Å². The zero-order valence-corrected chi connectivity index (χ0v) is 9.28. The van der Waals surface area contributed by atoms with E-state index in [0.717, 1.165) is 23.8 Å². The van der Waals surface area contributed by atoms with Crippen LogP contribution in [0, 0.1) is 0 Å². The summed E-state index contributed by atoms with van der Waals surface area (Å²) in [7, 11) is 1.92. The monoisotopic (exact) mass is 199 g/mol. The van der Waals surface area contributed by atoms with Crippen molar-refractivity contribution in [3.05, 3.63) is 23.7 Å². The molecule has 0 spiro atoms. The first-order valence-electron chi connectivity index (χ1n) is 4.56. The van der Waals surface area contributed by atoms with Gasteiger partial charge in [-0.1, -0.05) is 13.8 Å². The van der Waals surface area contributed by atoms with Gasteiger partial charge in [0.1, 0.15) is 11.5 Å². The SMILES string of the molecule is CNCc1ccc(CSC(C)C)o1. The molecule has 0 aromatic carbocycles. The minimum absolute atomic E-state index is 0.665. The van der Waals surface area contributed by atoms with E-state index in [1.165, 1.54) is 0 Å². The Morgan fingerprint density at radius 3 is 2.69 bits per heavy atom. The summed E-state index contributed by atoms with van der Waals surface area (Å²) in [5.41, 5.74) is 0. The average molecular weight is 199 g/mol. The first-order chi connectivity index (χ1) is 6.22. The van der Waals surface area contributed by atoms with Crippen molar-refractivity contribution in [2.24, 2.45) is 0 Å². The fraction of sp³-hybridized carbons (Fsp3) is 0.600. The van der Waals surface area contributed by atoms with Gasteiger partial charge in [-0.3, -0.25) is 0 Å². The smallest absolute Gasteiger partial charge is 0.117 e. The highest BCUT2D eigenvalue weighted by Crippen LogP contribution is 2.18.